The molecule has 0 aliphatic carbocycles. The van der Waals surface area contributed by atoms with E-state index in [2.05, 4.69) is 20.8 Å². The minimum Gasteiger partial charge on any atom is -0.229 e. The van der Waals surface area contributed by atoms with Crippen LogP contribution in [0.5, 0.6) is 0 Å². The van der Waals surface area contributed by atoms with Gasteiger partial charge in [0.2, 0.25) is 0 Å². The number of unbranched alkanes of at least 4 members (excludes halogenated alkanes) is 5. The molecule has 2 nitrogen and oxygen atoms in total. The Labute approximate surface area is 126 Å². The summed E-state index contributed by atoms with van der Waals surface area (Å²) in [5.74, 6) is 1.47. The molecule has 0 N–H and O–H groups in total. The van der Waals surface area contributed by atoms with Crippen molar-refractivity contribution in [1.82, 2.24) is 0 Å². The molecule has 120 valence electrons. The van der Waals surface area contributed by atoms with Crippen molar-refractivity contribution in [2.24, 2.45) is 11.3 Å². The van der Waals surface area contributed by atoms with Crippen LogP contribution < -0.4 is 0 Å². The molecule has 1 aliphatic heterocycles. The molecule has 1 saturated heterocycles. The van der Waals surface area contributed by atoms with Gasteiger partial charge >= 0.3 is 0 Å². The molecule has 2 atom stereocenters. The minimum atomic E-state index is -2.76. The average molecular weight is 303 g/mol. The molecule has 1 aliphatic rings. The third kappa shape index (κ3) is 5.75. The van der Waals surface area contributed by atoms with Crippen molar-refractivity contribution in [3.8, 4) is 0 Å². The van der Waals surface area contributed by atoms with Crippen LogP contribution in [0.1, 0.15) is 85.0 Å². The van der Waals surface area contributed by atoms with Gasteiger partial charge in [0.15, 0.2) is 9.84 Å². The summed E-state index contributed by atoms with van der Waals surface area (Å²) in [6, 6.07) is 0. The Morgan fingerprint density at radius 3 is 2.00 bits per heavy atom. The third-order valence-corrected chi connectivity index (χ3v) is 7.01. The van der Waals surface area contributed by atoms with E-state index in [1.807, 2.05) is 0 Å². The normalized spacial score (nSPS) is 26.8. The van der Waals surface area contributed by atoms with Gasteiger partial charge in [0, 0.05) is 0 Å². The van der Waals surface area contributed by atoms with Crippen LogP contribution in [0.15, 0.2) is 0 Å². The first kappa shape index (κ1) is 18.0. The first-order valence-corrected chi connectivity index (χ1v) is 10.5. The monoisotopic (exact) mass is 302 g/mol. The lowest BCUT2D eigenvalue weighted by atomic mass is 9.72. The van der Waals surface area contributed by atoms with Crippen molar-refractivity contribution in [3.05, 3.63) is 0 Å². The van der Waals surface area contributed by atoms with Crippen molar-refractivity contribution >= 4 is 9.84 Å². The van der Waals surface area contributed by atoms with Gasteiger partial charge < -0.3 is 0 Å². The summed E-state index contributed by atoms with van der Waals surface area (Å²) in [4.78, 5) is 0. The molecule has 0 amide bonds. The number of hydrogen-bond acceptors (Lipinski definition) is 2. The molecule has 1 fully saturated rings. The van der Waals surface area contributed by atoms with E-state index in [0.717, 1.165) is 6.42 Å². The largest absolute Gasteiger partial charge is 0.229 e. The Morgan fingerprint density at radius 2 is 1.50 bits per heavy atom. The topological polar surface area (TPSA) is 34.1 Å². The van der Waals surface area contributed by atoms with Crippen LogP contribution in [0.2, 0.25) is 0 Å². The highest BCUT2D eigenvalue weighted by molar-refractivity contribution is 7.91. The zero-order valence-corrected chi connectivity index (χ0v) is 14.6. The highest BCUT2D eigenvalue weighted by Crippen LogP contribution is 2.43. The van der Waals surface area contributed by atoms with E-state index < -0.39 is 9.84 Å². The molecule has 0 bridgehead atoms. The fourth-order valence-electron chi connectivity index (χ4n) is 3.66. The maximum atomic E-state index is 11.9. The van der Waals surface area contributed by atoms with E-state index in [9.17, 15) is 8.42 Å². The molecule has 2 unspecified atom stereocenters. The van der Waals surface area contributed by atoms with Gasteiger partial charge in [0.1, 0.15) is 0 Å². The second-order valence-electron chi connectivity index (χ2n) is 7.04. The molecule has 0 aromatic carbocycles. The molecule has 0 radical (unpaired) electrons. The van der Waals surface area contributed by atoms with Gasteiger partial charge in [-0.25, -0.2) is 8.42 Å². The molecule has 0 spiro atoms. The van der Waals surface area contributed by atoms with Gasteiger partial charge in [-0.15, -0.1) is 0 Å². The van der Waals surface area contributed by atoms with Gasteiger partial charge in [0.05, 0.1) is 11.5 Å². The molecule has 3 heteroatoms. The molecule has 0 aromatic heterocycles. The molecular weight excluding hydrogens is 268 g/mol. The standard InChI is InChI=1S/C17H34O2S/c1-4-6-8-10-12-16(11-9-7-5-2)17(3)13-14-20(18,19)15-17/h16H,4-15H2,1-3H3. The Bertz CT molecular complexity index is 361. The molecular formula is C17H34O2S. The summed E-state index contributed by atoms with van der Waals surface area (Å²) in [6.07, 6.45) is 12.3. The van der Waals surface area contributed by atoms with Crippen LogP contribution in [0.25, 0.3) is 0 Å². The van der Waals surface area contributed by atoms with Crippen LogP contribution in [0.4, 0.5) is 0 Å². The van der Waals surface area contributed by atoms with Crippen LogP contribution in [-0.4, -0.2) is 19.9 Å². The van der Waals surface area contributed by atoms with Gasteiger partial charge in [0.25, 0.3) is 0 Å². The molecule has 0 aromatic rings. The second kappa shape index (κ2) is 8.41. The Morgan fingerprint density at radius 1 is 0.950 bits per heavy atom. The lowest BCUT2D eigenvalue weighted by molar-refractivity contribution is 0.185. The molecule has 0 saturated carbocycles. The van der Waals surface area contributed by atoms with E-state index >= 15 is 0 Å². The second-order valence-corrected chi connectivity index (χ2v) is 9.22. The van der Waals surface area contributed by atoms with E-state index in [4.69, 9.17) is 0 Å². The quantitative estimate of drug-likeness (QED) is 0.533. The minimum absolute atomic E-state index is 0.0544. The zero-order chi connectivity index (χ0) is 15.1. The predicted octanol–water partition coefficient (Wildman–Crippen LogP) is 4.98. The smallest absolute Gasteiger partial charge is 0.150 e. The maximum absolute atomic E-state index is 11.9. The summed E-state index contributed by atoms with van der Waals surface area (Å²) in [6.45, 7) is 6.70. The van der Waals surface area contributed by atoms with Crippen LogP contribution >= 0.6 is 0 Å². The Kier molecular flexibility index (Phi) is 7.57. The predicted molar refractivity (Wildman–Crippen MR) is 87.8 cm³/mol. The van der Waals surface area contributed by atoms with Crippen LogP contribution in [-0.2, 0) is 9.84 Å². The number of sulfone groups is 1. The van der Waals surface area contributed by atoms with Gasteiger partial charge in [-0.05, 0) is 30.6 Å². The highest BCUT2D eigenvalue weighted by atomic mass is 32.2. The number of rotatable bonds is 10. The highest BCUT2D eigenvalue weighted by Gasteiger charge is 2.43. The van der Waals surface area contributed by atoms with Gasteiger partial charge in [-0.1, -0.05) is 65.7 Å². The zero-order valence-electron chi connectivity index (χ0n) is 13.8. The fourth-order valence-corrected chi connectivity index (χ4v) is 5.96. The van der Waals surface area contributed by atoms with Crippen molar-refractivity contribution in [2.45, 2.75) is 85.0 Å². The average Bonchev–Trinajstić information content (AvgIpc) is 2.67. The number of hydrogen-bond donors (Lipinski definition) is 0. The summed E-state index contributed by atoms with van der Waals surface area (Å²) < 4.78 is 23.7. The summed E-state index contributed by atoms with van der Waals surface area (Å²) in [5, 5.41) is 0. The Hall–Kier alpha value is -0.0500. The van der Waals surface area contributed by atoms with Crippen LogP contribution in [0, 0.1) is 11.3 Å². The first-order chi connectivity index (χ1) is 9.43. The summed E-state index contributed by atoms with van der Waals surface area (Å²) in [5.41, 5.74) is 0.0544. The van der Waals surface area contributed by atoms with Crippen molar-refractivity contribution in [1.29, 1.82) is 0 Å². The lowest BCUT2D eigenvalue weighted by Crippen LogP contribution is -2.29. The first-order valence-electron chi connectivity index (χ1n) is 8.64. The molecule has 20 heavy (non-hydrogen) atoms. The van der Waals surface area contributed by atoms with Crippen molar-refractivity contribution in [3.63, 3.8) is 0 Å². The molecule has 1 heterocycles. The van der Waals surface area contributed by atoms with Crippen LogP contribution in [0.3, 0.4) is 0 Å². The Balaban J connectivity index is 2.56. The van der Waals surface area contributed by atoms with E-state index in [-0.39, 0.29) is 5.41 Å². The fraction of sp³-hybridized carbons (Fsp3) is 1.00. The lowest BCUT2D eigenvalue weighted by Gasteiger charge is -2.33. The van der Waals surface area contributed by atoms with Crippen molar-refractivity contribution in [2.75, 3.05) is 11.5 Å². The summed E-state index contributed by atoms with van der Waals surface area (Å²) >= 11 is 0. The van der Waals surface area contributed by atoms with E-state index in [1.54, 1.807) is 0 Å². The van der Waals surface area contributed by atoms with Gasteiger partial charge in [-0.3, -0.25) is 0 Å². The van der Waals surface area contributed by atoms with Gasteiger partial charge in [-0.2, -0.15) is 0 Å². The maximum Gasteiger partial charge on any atom is 0.150 e. The SMILES string of the molecule is CCCCCCC(CCCCC)C1(C)CCS(=O)(=O)C1. The molecule has 1 rings (SSSR count). The van der Waals surface area contributed by atoms with E-state index in [1.165, 1.54) is 57.8 Å². The van der Waals surface area contributed by atoms with Crippen molar-refractivity contribution < 1.29 is 8.42 Å². The van der Waals surface area contributed by atoms with E-state index in [0.29, 0.717) is 17.4 Å². The third-order valence-electron chi connectivity index (χ3n) is 5.08. The summed E-state index contributed by atoms with van der Waals surface area (Å²) in [7, 11) is -2.76.